The summed E-state index contributed by atoms with van der Waals surface area (Å²) in [4.78, 5) is 14.6. The van der Waals surface area contributed by atoms with Crippen LogP contribution in [0.1, 0.15) is 0 Å². The smallest absolute Gasteiger partial charge is 0.406 e. The van der Waals surface area contributed by atoms with Crippen LogP contribution in [0.3, 0.4) is 0 Å². The number of aliphatic imine (C=N–C) groups is 1. The highest BCUT2D eigenvalue weighted by Crippen LogP contribution is 2.24. The Morgan fingerprint density at radius 2 is 2.15 bits per heavy atom. The van der Waals surface area contributed by atoms with E-state index in [0.29, 0.717) is 0 Å². The second kappa shape index (κ2) is 6.64. The Morgan fingerprint density at radius 3 is 2.75 bits per heavy atom. The van der Waals surface area contributed by atoms with Crippen LogP contribution in [0.2, 0.25) is 0 Å². The van der Waals surface area contributed by atoms with Crippen molar-refractivity contribution in [2.45, 2.75) is 6.36 Å². The van der Waals surface area contributed by atoms with Gasteiger partial charge in [-0.1, -0.05) is 6.07 Å². The van der Waals surface area contributed by atoms with Gasteiger partial charge in [-0.2, -0.15) is 0 Å². The summed E-state index contributed by atoms with van der Waals surface area (Å²) >= 11 is 0. The van der Waals surface area contributed by atoms with Crippen molar-refractivity contribution >= 4 is 17.6 Å². The van der Waals surface area contributed by atoms with Gasteiger partial charge in [-0.05, 0) is 12.1 Å². The molecule has 20 heavy (non-hydrogen) atoms. The number of ether oxygens (including phenoxy) is 1. The lowest BCUT2D eigenvalue weighted by Gasteiger charge is -2.10. The van der Waals surface area contributed by atoms with E-state index in [-0.39, 0.29) is 29.8 Å². The first-order valence-electron chi connectivity index (χ1n) is 5.43. The van der Waals surface area contributed by atoms with E-state index in [1.54, 1.807) is 0 Å². The van der Waals surface area contributed by atoms with Gasteiger partial charge in [-0.25, -0.2) is 4.99 Å². The maximum Gasteiger partial charge on any atom is 0.573 e. The molecule has 0 aliphatic heterocycles. The molecule has 0 atom stereocenters. The molecule has 0 aliphatic rings. The highest BCUT2D eigenvalue weighted by molar-refractivity contribution is 5.93. The average Bonchev–Trinajstić information content (AvgIpc) is 2.34. The molecule has 0 spiro atoms. The zero-order valence-electron chi connectivity index (χ0n) is 10.5. The van der Waals surface area contributed by atoms with Crippen LogP contribution >= 0.6 is 0 Å². The Labute approximate surface area is 112 Å². The number of alkyl halides is 3. The normalized spacial score (nSPS) is 11.9. The molecule has 0 saturated carbocycles. The van der Waals surface area contributed by atoms with Gasteiger partial charge < -0.3 is 21.1 Å². The Hall–Kier alpha value is -2.45. The number of nitrogens with zero attached hydrogens (tertiary/aromatic N) is 1. The quantitative estimate of drug-likeness (QED) is 0.571. The van der Waals surface area contributed by atoms with Crippen molar-refractivity contribution in [1.29, 1.82) is 0 Å². The first-order chi connectivity index (χ1) is 9.30. The van der Waals surface area contributed by atoms with Gasteiger partial charge in [0, 0.05) is 18.8 Å². The number of hydrogen-bond acceptors (Lipinski definition) is 3. The van der Waals surface area contributed by atoms with Gasteiger partial charge in [0.05, 0.1) is 0 Å². The second-order valence-corrected chi connectivity index (χ2v) is 3.58. The lowest BCUT2D eigenvalue weighted by atomic mass is 10.3. The Kier molecular flexibility index (Phi) is 5.18. The number of nitrogens with two attached hydrogens (primary N) is 1. The number of rotatable bonds is 4. The summed E-state index contributed by atoms with van der Waals surface area (Å²) in [5.41, 5.74) is 5.74. The van der Waals surface area contributed by atoms with Gasteiger partial charge in [0.2, 0.25) is 5.91 Å². The minimum Gasteiger partial charge on any atom is -0.406 e. The van der Waals surface area contributed by atoms with Crippen molar-refractivity contribution in [2.24, 2.45) is 10.7 Å². The van der Waals surface area contributed by atoms with Crippen molar-refractivity contribution < 1.29 is 22.7 Å². The number of anilines is 1. The highest BCUT2D eigenvalue weighted by Gasteiger charge is 2.31. The monoisotopic (exact) mass is 290 g/mol. The maximum atomic E-state index is 12.0. The average molecular weight is 290 g/mol. The van der Waals surface area contributed by atoms with E-state index in [9.17, 15) is 18.0 Å². The molecule has 0 bridgehead atoms. The van der Waals surface area contributed by atoms with E-state index in [4.69, 9.17) is 5.73 Å². The Morgan fingerprint density at radius 1 is 1.45 bits per heavy atom. The van der Waals surface area contributed by atoms with Gasteiger partial charge in [-0.3, -0.25) is 4.79 Å². The number of carbonyl (C=O) groups is 1. The van der Waals surface area contributed by atoms with Crippen molar-refractivity contribution in [3.8, 4) is 5.75 Å². The summed E-state index contributed by atoms with van der Waals surface area (Å²) in [6, 6.07) is 5.09. The van der Waals surface area contributed by atoms with Gasteiger partial charge >= 0.3 is 6.36 Å². The minimum absolute atomic E-state index is 0.0993. The lowest BCUT2D eigenvalue weighted by molar-refractivity contribution is -0.274. The van der Waals surface area contributed by atoms with E-state index in [1.165, 1.54) is 19.2 Å². The SMILES string of the molecule is CNC(=O)CN=C(N)Nc1cccc(OC(F)(F)F)c1. The fourth-order valence-corrected chi connectivity index (χ4v) is 1.19. The van der Waals surface area contributed by atoms with Crippen LogP contribution in [0.15, 0.2) is 29.3 Å². The molecular weight excluding hydrogens is 277 g/mol. The van der Waals surface area contributed by atoms with Gasteiger partial charge in [0.15, 0.2) is 5.96 Å². The van der Waals surface area contributed by atoms with Crippen molar-refractivity contribution in [3.05, 3.63) is 24.3 Å². The molecule has 0 aliphatic carbocycles. The standard InChI is InChI=1S/C11H13F3N4O2/c1-16-9(19)6-17-10(15)18-7-3-2-4-8(5-7)20-11(12,13)14/h2-5H,6H2,1H3,(H,16,19)(H3,15,17,18). The number of likely N-dealkylation sites (N-methyl/N-ethyl adjacent to an activating group) is 1. The fourth-order valence-electron chi connectivity index (χ4n) is 1.19. The number of guanidine groups is 1. The molecule has 1 aromatic rings. The van der Waals surface area contributed by atoms with Crippen LogP contribution in [0.5, 0.6) is 5.75 Å². The molecule has 110 valence electrons. The summed E-state index contributed by atoms with van der Waals surface area (Å²) in [5.74, 6) is -0.830. The molecular formula is C11H13F3N4O2. The maximum absolute atomic E-state index is 12.0. The van der Waals surface area contributed by atoms with Crippen LogP contribution < -0.4 is 21.1 Å². The van der Waals surface area contributed by atoms with Crippen LogP contribution in [-0.4, -0.2) is 31.8 Å². The number of amides is 1. The molecule has 0 radical (unpaired) electrons. The second-order valence-electron chi connectivity index (χ2n) is 3.58. The summed E-state index contributed by atoms with van der Waals surface area (Å²) in [6.07, 6.45) is -4.77. The minimum atomic E-state index is -4.77. The molecule has 0 fully saturated rings. The van der Waals surface area contributed by atoms with Crippen LogP contribution in [0.4, 0.5) is 18.9 Å². The molecule has 1 aromatic carbocycles. The lowest BCUT2D eigenvalue weighted by Crippen LogP contribution is -2.27. The summed E-state index contributed by atoms with van der Waals surface area (Å²) in [5, 5.41) is 4.89. The number of benzene rings is 1. The third-order valence-corrected chi connectivity index (χ3v) is 2.01. The molecule has 0 aromatic heterocycles. The Bertz CT molecular complexity index is 503. The van der Waals surface area contributed by atoms with E-state index >= 15 is 0 Å². The molecule has 0 heterocycles. The topological polar surface area (TPSA) is 88.7 Å². The van der Waals surface area contributed by atoms with E-state index < -0.39 is 6.36 Å². The third kappa shape index (κ3) is 5.94. The predicted octanol–water partition coefficient (Wildman–Crippen LogP) is 1.06. The van der Waals surface area contributed by atoms with E-state index in [2.05, 4.69) is 20.4 Å². The Balaban J connectivity index is 2.68. The zero-order valence-corrected chi connectivity index (χ0v) is 10.5. The largest absolute Gasteiger partial charge is 0.573 e. The number of halogens is 3. The fraction of sp³-hybridized carbons (Fsp3) is 0.273. The summed E-state index contributed by atoms with van der Waals surface area (Å²) in [6.45, 7) is -0.186. The molecule has 1 amide bonds. The van der Waals surface area contributed by atoms with E-state index in [0.717, 1.165) is 12.1 Å². The van der Waals surface area contributed by atoms with Gasteiger partial charge in [0.1, 0.15) is 12.3 Å². The van der Waals surface area contributed by atoms with Crippen LogP contribution in [-0.2, 0) is 4.79 Å². The van der Waals surface area contributed by atoms with Gasteiger partial charge in [0.25, 0.3) is 0 Å². The van der Waals surface area contributed by atoms with Crippen molar-refractivity contribution in [3.63, 3.8) is 0 Å². The summed E-state index contributed by atoms with van der Waals surface area (Å²) in [7, 11) is 1.44. The number of carbonyl (C=O) groups excluding carboxylic acids is 1. The molecule has 6 nitrogen and oxygen atoms in total. The highest BCUT2D eigenvalue weighted by atomic mass is 19.4. The van der Waals surface area contributed by atoms with Crippen molar-refractivity contribution in [2.75, 3.05) is 18.9 Å². The molecule has 4 N–H and O–H groups in total. The van der Waals surface area contributed by atoms with Crippen LogP contribution in [0.25, 0.3) is 0 Å². The first-order valence-corrected chi connectivity index (χ1v) is 5.43. The van der Waals surface area contributed by atoms with E-state index in [1.807, 2.05) is 0 Å². The molecule has 0 unspecified atom stereocenters. The van der Waals surface area contributed by atoms with Gasteiger partial charge in [-0.15, -0.1) is 13.2 Å². The third-order valence-electron chi connectivity index (χ3n) is 2.01. The van der Waals surface area contributed by atoms with Crippen molar-refractivity contribution in [1.82, 2.24) is 5.32 Å². The zero-order chi connectivity index (χ0) is 15.2. The molecule has 0 saturated heterocycles. The molecule has 1 rings (SSSR count). The van der Waals surface area contributed by atoms with Crippen LogP contribution in [0, 0.1) is 0 Å². The number of hydrogen-bond donors (Lipinski definition) is 3. The predicted molar refractivity (Wildman–Crippen MR) is 67.3 cm³/mol. The molecule has 9 heteroatoms. The summed E-state index contributed by atoms with van der Waals surface area (Å²) < 4.78 is 39.9. The number of nitrogens with one attached hydrogen (secondary N) is 2. The first kappa shape index (κ1) is 15.6.